The Hall–Kier alpha value is -0.160. The first-order chi connectivity index (χ1) is 9.90. The van der Waals surface area contributed by atoms with Crippen molar-refractivity contribution in [1.82, 2.24) is 4.90 Å². The zero-order chi connectivity index (χ0) is 15.9. The number of nitrogens with two attached hydrogens (primary N) is 1. The van der Waals surface area contributed by atoms with Crippen molar-refractivity contribution in [2.45, 2.75) is 64.5 Å². The van der Waals surface area contributed by atoms with Crippen LogP contribution in [0.4, 0.5) is 0 Å². The molecule has 2 N–H and O–H groups in total. The van der Waals surface area contributed by atoms with Crippen LogP contribution in [0.5, 0.6) is 0 Å². The smallest absolute Gasteiger partial charge is 0.0615 e. The minimum Gasteiger partial charge on any atom is -0.383 e. The summed E-state index contributed by atoms with van der Waals surface area (Å²) in [6.07, 6.45) is 6.16. The first-order valence-electron chi connectivity index (χ1n) is 8.35. The van der Waals surface area contributed by atoms with E-state index in [4.69, 9.17) is 15.2 Å². The molecule has 0 aromatic heterocycles. The first-order valence-corrected chi connectivity index (χ1v) is 8.35. The maximum absolute atomic E-state index is 6.28. The van der Waals surface area contributed by atoms with Gasteiger partial charge in [0, 0.05) is 38.9 Å². The molecular weight excluding hydrogens is 264 g/mol. The summed E-state index contributed by atoms with van der Waals surface area (Å²) in [7, 11) is 3.54. The average molecular weight is 300 g/mol. The fourth-order valence-electron chi connectivity index (χ4n) is 3.77. The highest BCUT2D eigenvalue weighted by atomic mass is 16.5. The number of ether oxygens (including phenoxy) is 2. The zero-order valence-electron chi connectivity index (χ0n) is 14.8. The predicted octanol–water partition coefficient (Wildman–Crippen LogP) is 2.66. The Balaban J connectivity index is 2.92. The third-order valence-corrected chi connectivity index (χ3v) is 5.23. The van der Waals surface area contributed by atoms with Gasteiger partial charge in [0.05, 0.1) is 13.2 Å². The van der Waals surface area contributed by atoms with Gasteiger partial charge in [-0.25, -0.2) is 0 Å². The second kappa shape index (κ2) is 8.47. The van der Waals surface area contributed by atoms with Crippen molar-refractivity contribution in [2.75, 3.05) is 40.5 Å². The van der Waals surface area contributed by atoms with Gasteiger partial charge in [-0.1, -0.05) is 20.3 Å². The minimum absolute atomic E-state index is 0.101. The van der Waals surface area contributed by atoms with E-state index in [0.717, 1.165) is 26.3 Å². The molecule has 0 aliphatic heterocycles. The topological polar surface area (TPSA) is 47.7 Å². The Morgan fingerprint density at radius 2 is 1.81 bits per heavy atom. The highest BCUT2D eigenvalue weighted by molar-refractivity contribution is 4.97. The standard InChI is InChI=1S/C17H36N2O2/c1-15(13-21-5)19(11-12-20-4)17(14-18)8-6-7-16(2,3)9-10-17/h15H,6-14,18H2,1-5H3. The summed E-state index contributed by atoms with van der Waals surface area (Å²) in [6.45, 7) is 10.2. The molecule has 2 atom stereocenters. The maximum Gasteiger partial charge on any atom is 0.0615 e. The molecule has 1 fully saturated rings. The van der Waals surface area contributed by atoms with Crippen LogP contribution < -0.4 is 5.73 Å². The molecular formula is C17H36N2O2. The molecule has 1 rings (SSSR count). The van der Waals surface area contributed by atoms with E-state index in [1.165, 1.54) is 32.1 Å². The summed E-state index contributed by atoms with van der Waals surface area (Å²) in [5.74, 6) is 0. The van der Waals surface area contributed by atoms with E-state index in [2.05, 4.69) is 25.7 Å². The SMILES string of the molecule is COCCN(C(C)COC)C1(CN)CCCC(C)(C)CC1. The third kappa shape index (κ3) is 5.20. The molecule has 0 aromatic carbocycles. The summed E-state index contributed by atoms with van der Waals surface area (Å²) in [4.78, 5) is 2.56. The molecule has 0 amide bonds. The molecule has 1 aliphatic rings. The normalized spacial score (nSPS) is 27.6. The van der Waals surface area contributed by atoms with Gasteiger partial charge in [-0.2, -0.15) is 0 Å². The van der Waals surface area contributed by atoms with Crippen LogP contribution in [0.1, 0.15) is 52.9 Å². The van der Waals surface area contributed by atoms with Crippen molar-refractivity contribution in [3.63, 3.8) is 0 Å². The predicted molar refractivity (Wildman–Crippen MR) is 88.6 cm³/mol. The molecule has 0 aromatic rings. The van der Waals surface area contributed by atoms with Crippen molar-refractivity contribution in [1.29, 1.82) is 0 Å². The van der Waals surface area contributed by atoms with E-state index in [9.17, 15) is 0 Å². The lowest BCUT2D eigenvalue weighted by Gasteiger charge is -2.46. The third-order valence-electron chi connectivity index (χ3n) is 5.23. The first kappa shape index (κ1) is 18.9. The van der Waals surface area contributed by atoms with E-state index in [1.807, 2.05) is 0 Å². The van der Waals surface area contributed by atoms with Gasteiger partial charge in [0.2, 0.25) is 0 Å². The maximum atomic E-state index is 6.28. The van der Waals surface area contributed by atoms with E-state index in [-0.39, 0.29) is 5.54 Å². The van der Waals surface area contributed by atoms with Crippen LogP contribution in [-0.2, 0) is 9.47 Å². The minimum atomic E-state index is 0.101. The lowest BCUT2D eigenvalue weighted by molar-refractivity contribution is -0.00960. The van der Waals surface area contributed by atoms with Crippen LogP contribution in [0.3, 0.4) is 0 Å². The molecule has 4 heteroatoms. The second-order valence-electron chi connectivity index (χ2n) is 7.44. The van der Waals surface area contributed by atoms with Crippen molar-refractivity contribution >= 4 is 0 Å². The van der Waals surface area contributed by atoms with Crippen molar-refractivity contribution in [3.05, 3.63) is 0 Å². The van der Waals surface area contributed by atoms with Crippen LogP contribution in [0.2, 0.25) is 0 Å². The summed E-state index contributed by atoms with van der Waals surface area (Å²) in [5, 5.41) is 0. The van der Waals surface area contributed by atoms with Gasteiger partial charge in [0.15, 0.2) is 0 Å². The van der Waals surface area contributed by atoms with Crippen LogP contribution in [0.15, 0.2) is 0 Å². The number of methoxy groups -OCH3 is 2. The molecule has 1 saturated carbocycles. The van der Waals surface area contributed by atoms with Gasteiger partial charge in [0.25, 0.3) is 0 Å². The Morgan fingerprint density at radius 1 is 1.10 bits per heavy atom. The molecule has 2 unspecified atom stereocenters. The number of hydrogen-bond donors (Lipinski definition) is 1. The van der Waals surface area contributed by atoms with E-state index in [1.54, 1.807) is 14.2 Å². The number of hydrogen-bond acceptors (Lipinski definition) is 4. The quantitative estimate of drug-likeness (QED) is 0.700. The van der Waals surface area contributed by atoms with E-state index in [0.29, 0.717) is 11.5 Å². The molecule has 0 spiro atoms. The van der Waals surface area contributed by atoms with E-state index >= 15 is 0 Å². The van der Waals surface area contributed by atoms with Gasteiger partial charge in [-0.3, -0.25) is 4.90 Å². The molecule has 0 saturated heterocycles. The van der Waals surface area contributed by atoms with Crippen LogP contribution in [0.25, 0.3) is 0 Å². The van der Waals surface area contributed by atoms with Gasteiger partial charge in [0.1, 0.15) is 0 Å². The fourth-order valence-corrected chi connectivity index (χ4v) is 3.77. The molecule has 0 bridgehead atoms. The van der Waals surface area contributed by atoms with Gasteiger partial charge >= 0.3 is 0 Å². The summed E-state index contributed by atoms with van der Waals surface area (Å²) in [6, 6.07) is 0.370. The van der Waals surface area contributed by atoms with Crippen LogP contribution >= 0.6 is 0 Å². The zero-order valence-corrected chi connectivity index (χ0v) is 14.8. The Bertz CT molecular complexity index is 297. The summed E-state index contributed by atoms with van der Waals surface area (Å²) >= 11 is 0. The van der Waals surface area contributed by atoms with Gasteiger partial charge in [-0.05, 0) is 38.0 Å². The van der Waals surface area contributed by atoms with Crippen molar-refractivity contribution < 1.29 is 9.47 Å². The Morgan fingerprint density at radius 3 is 2.38 bits per heavy atom. The van der Waals surface area contributed by atoms with Crippen molar-refractivity contribution in [2.24, 2.45) is 11.1 Å². The molecule has 0 heterocycles. The second-order valence-corrected chi connectivity index (χ2v) is 7.44. The Kier molecular flexibility index (Phi) is 7.62. The fraction of sp³-hybridized carbons (Fsp3) is 1.00. The Labute approximate surface area is 131 Å². The largest absolute Gasteiger partial charge is 0.383 e. The molecule has 21 heavy (non-hydrogen) atoms. The highest BCUT2D eigenvalue weighted by Crippen LogP contribution is 2.41. The highest BCUT2D eigenvalue weighted by Gasteiger charge is 2.40. The number of nitrogens with zero attached hydrogens (tertiary/aromatic N) is 1. The monoisotopic (exact) mass is 300 g/mol. The van der Waals surface area contributed by atoms with E-state index < -0.39 is 0 Å². The van der Waals surface area contributed by atoms with Gasteiger partial charge < -0.3 is 15.2 Å². The molecule has 0 radical (unpaired) electrons. The lowest BCUT2D eigenvalue weighted by Crippen LogP contribution is -2.59. The lowest BCUT2D eigenvalue weighted by atomic mass is 9.82. The molecule has 126 valence electrons. The van der Waals surface area contributed by atoms with Crippen LogP contribution in [0, 0.1) is 5.41 Å². The summed E-state index contributed by atoms with van der Waals surface area (Å²) < 4.78 is 10.7. The van der Waals surface area contributed by atoms with Crippen LogP contribution in [-0.4, -0.2) is 57.0 Å². The summed E-state index contributed by atoms with van der Waals surface area (Å²) in [5.41, 5.74) is 6.82. The number of rotatable bonds is 8. The molecule has 1 aliphatic carbocycles. The average Bonchev–Trinajstić information content (AvgIpc) is 2.59. The molecule has 4 nitrogen and oxygen atoms in total. The van der Waals surface area contributed by atoms with Crippen molar-refractivity contribution in [3.8, 4) is 0 Å². The van der Waals surface area contributed by atoms with Gasteiger partial charge in [-0.15, -0.1) is 0 Å².